The summed E-state index contributed by atoms with van der Waals surface area (Å²) in [6.45, 7) is 0. The van der Waals surface area contributed by atoms with Crippen molar-refractivity contribution in [1.82, 2.24) is 0 Å². The van der Waals surface area contributed by atoms with E-state index in [-0.39, 0.29) is 9.92 Å². The summed E-state index contributed by atoms with van der Waals surface area (Å²) >= 11 is 1.13. The van der Waals surface area contributed by atoms with Crippen LogP contribution in [0.2, 0.25) is 0 Å². The highest BCUT2D eigenvalue weighted by molar-refractivity contribution is 7.15. The Bertz CT molecular complexity index is 1150. The maximum Gasteiger partial charge on any atom is 0.324 e. The molecule has 30 heavy (non-hydrogen) atoms. The molecule has 148 valence electrons. The van der Waals surface area contributed by atoms with Gasteiger partial charge in [0.05, 0.1) is 9.80 Å². The number of nitrogens with zero attached hydrogens (tertiary/aromatic N) is 1. The number of thiophene rings is 1. The summed E-state index contributed by atoms with van der Waals surface area (Å²) in [7, 11) is 0. The topological polar surface area (TPSA) is 64.4 Å². The highest BCUT2D eigenvalue weighted by Gasteiger charge is 2.45. The molecular weight excluding hydrogens is 396 g/mol. The van der Waals surface area contributed by atoms with E-state index in [2.05, 4.69) is 35.6 Å². The molecule has 0 spiro atoms. The average molecular weight is 414 g/mol. The third-order valence-corrected chi connectivity index (χ3v) is 6.38. The summed E-state index contributed by atoms with van der Waals surface area (Å²) in [6.07, 6.45) is -0.529. The van der Waals surface area contributed by atoms with Gasteiger partial charge in [-0.15, -0.1) is 0 Å². The van der Waals surface area contributed by atoms with Gasteiger partial charge in [-0.2, -0.15) is 0 Å². The molecule has 0 radical (unpaired) electrons. The minimum absolute atomic E-state index is 0.0966. The first-order valence-electron chi connectivity index (χ1n) is 9.57. The summed E-state index contributed by atoms with van der Waals surface area (Å²) in [4.78, 5) is 11.6. The Morgan fingerprint density at radius 3 is 2.03 bits per heavy atom. The summed E-state index contributed by atoms with van der Waals surface area (Å²) in [5, 5.41) is 14.7. The van der Waals surface area contributed by atoms with Gasteiger partial charge in [-0.05, 0) is 23.3 Å². The van der Waals surface area contributed by atoms with Crippen LogP contribution in [0.25, 0.3) is 0 Å². The monoisotopic (exact) mass is 414 g/mol. The molecule has 1 N–H and O–H groups in total. The zero-order chi connectivity index (χ0) is 20.6. The van der Waals surface area contributed by atoms with Crippen LogP contribution in [-0.2, 0) is 10.3 Å². The van der Waals surface area contributed by atoms with Gasteiger partial charge in [0.2, 0.25) is 0 Å². The predicted molar refractivity (Wildman–Crippen MR) is 118 cm³/mol. The lowest BCUT2D eigenvalue weighted by atomic mass is 9.78. The summed E-state index contributed by atoms with van der Waals surface area (Å²) in [5.74, 6) is 0. The van der Waals surface area contributed by atoms with Crippen LogP contribution < -0.4 is 5.32 Å². The molecule has 1 unspecified atom stereocenters. The normalized spacial score (nSPS) is 17.0. The molecule has 0 saturated heterocycles. The van der Waals surface area contributed by atoms with Gasteiger partial charge in [-0.25, -0.2) is 0 Å². The van der Waals surface area contributed by atoms with Gasteiger partial charge in [0.25, 0.3) is 0 Å². The van der Waals surface area contributed by atoms with E-state index in [0.29, 0.717) is 0 Å². The largest absolute Gasteiger partial charge is 0.355 e. The van der Waals surface area contributed by atoms with Gasteiger partial charge in [0.15, 0.2) is 6.23 Å². The van der Waals surface area contributed by atoms with E-state index >= 15 is 0 Å². The van der Waals surface area contributed by atoms with Crippen molar-refractivity contribution in [2.75, 3.05) is 5.32 Å². The fourth-order valence-electron chi connectivity index (χ4n) is 4.00. The summed E-state index contributed by atoms with van der Waals surface area (Å²) < 4.78 is 6.83. The molecule has 0 aliphatic carbocycles. The first kappa shape index (κ1) is 18.5. The second-order valence-electron chi connectivity index (χ2n) is 7.03. The molecule has 6 heteroatoms. The van der Waals surface area contributed by atoms with E-state index in [0.717, 1.165) is 38.6 Å². The van der Waals surface area contributed by atoms with Crippen LogP contribution in [0.4, 0.5) is 10.7 Å². The molecular formula is C24H18N2O3S. The van der Waals surface area contributed by atoms with Crippen LogP contribution in [-0.4, -0.2) is 4.92 Å². The van der Waals surface area contributed by atoms with Crippen molar-refractivity contribution in [2.45, 2.75) is 11.8 Å². The lowest BCUT2D eigenvalue weighted by molar-refractivity contribution is -0.380. The third-order valence-electron chi connectivity index (χ3n) is 5.30. The van der Waals surface area contributed by atoms with E-state index in [1.165, 1.54) is 6.07 Å². The van der Waals surface area contributed by atoms with Crippen molar-refractivity contribution < 1.29 is 9.66 Å². The first-order chi connectivity index (χ1) is 14.7. The molecule has 3 aromatic carbocycles. The maximum absolute atomic E-state index is 11.2. The molecule has 1 atom stereocenters. The molecule has 0 amide bonds. The van der Waals surface area contributed by atoms with E-state index in [4.69, 9.17) is 4.74 Å². The number of anilines is 1. The van der Waals surface area contributed by atoms with Crippen molar-refractivity contribution in [3.05, 3.63) is 129 Å². The quantitative estimate of drug-likeness (QED) is 0.324. The minimum atomic E-state index is -0.853. The number of nitrogens with one attached hydrogen (secondary N) is 1. The van der Waals surface area contributed by atoms with E-state index in [1.54, 1.807) is 6.07 Å². The lowest BCUT2D eigenvalue weighted by Gasteiger charge is -2.44. The van der Waals surface area contributed by atoms with Crippen LogP contribution in [0.5, 0.6) is 0 Å². The van der Waals surface area contributed by atoms with Gasteiger partial charge < -0.3 is 10.1 Å². The van der Waals surface area contributed by atoms with Crippen LogP contribution in [0.3, 0.4) is 0 Å². The number of hydrogen-bond acceptors (Lipinski definition) is 5. The van der Waals surface area contributed by atoms with Crippen LogP contribution in [0, 0.1) is 10.1 Å². The molecule has 5 rings (SSSR count). The number of fused-ring (bicyclic) bond motifs is 1. The summed E-state index contributed by atoms with van der Waals surface area (Å²) in [6, 6.07) is 31.5. The first-order valence-corrected chi connectivity index (χ1v) is 10.4. The van der Waals surface area contributed by atoms with Gasteiger partial charge in [0.1, 0.15) is 5.60 Å². The number of para-hydroxylation sites is 1. The van der Waals surface area contributed by atoms with E-state index in [1.807, 2.05) is 54.6 Å². The standard InChI is InChI=1S/C24H18N2O3S/c27-26(28)22-16-15-21(30-22)23-25-20-14-8-7-13-19(20)24(29-23,17-9-3-1-4-10-17)18-11-5-2-6-12-18/h1-16,23,25H. The van der Waals surface area contributed by atoms with Crippen molar-refractivity contribution >= 4 is 22.0 Å². The van der Waals surface area contributed by atoms with Crippen LogP contribution in [0.15, 0.2) is 97.1 Å². The number of hydrogen-bond donors (Lipinski definition) is 1. The Morgan fingerprint density at radius 2 is 1.43 bits per heavy atom. The summed E-state index contributed by atoms with van der Waals surface area (Å²) in [5.41, 5.74) is 3.10. The maximum atomic E-state index is 11.2. The van der Waals surface area contributed by atoms with E-state index in [9.17, 15) is 10.1 Å². The van der Waals surface area contributed by atoms with Gasteiger partial charge in [-0.1, -0.05) is 90.2 Å². The molecule has 1 aliphatic heterocycles. The zero-order valence-corrected chi connectivity index (χ0v) is 16.7. The van der Waals surface area contributed by atoms with Crippen LogP contribution >= 0.6 is 11.3 Å². The molecule has 5 nitrogen and oxygen atoms in total. The molecule has 0 fully saturated rings. The zero-order valence-electron chi connectivity index (χ0n) is 15.9. The third kappa shape index (κ3) is 2.98. The Hall–Kier alpha value is -3.48. The second-order valence-corrected chi connectivity index (χ2v) is 8.13. The number of benzene rings is 3. The fourth-order valence-corrected chi connectivity index (χ4v) is 4.80. The molecule has 0 bridgehead atoms. The minimum Gasteiger partial charge on any atom is -0.355 e. The van der Waals surface area contributed by atoms with Crippen LogP contribution in [0.1, 0.15) is 27.8 Å². The fraction of sp³-hybridized carbons (Fsp3) is 0.0833. The number of nitro groups is 1. The van der Waals surface area contributed by atoms with Gasteiger partial charge >= 0.3 is 5.00 Å². The van der Waals surface area contributed by atoms with E-state index < -0.39 is 11.8 Å². The molecule has 1 aromatic heterocycles. The highest BCUT2D eigenvalue weighted by atomic mass is 32.1. The Balaban J connectivity index is 1.74. The Labute approximate surface area is 177 Å². The Morgan fingerprint density at radius 1 is 0.833 bits per heavy atom. The number of rotatable bonds is 4. The van der Waals surface area contributed by atoms with Crippen molar-refractivity contribution in [2.24, 2.45) is 0 Å². The smallest absolute Gasteiger partial charge is 0.324 e. The Kier molecular flexibility index (Phi) is 4.58. The predicted octanol–water partition coefficient (Wildman–Crippen LogP) is 6.09. The average Bonchev–Trinajstić information content (AvgIpc) is 3.30. The highest BCUT2D eigenvalue weighted by Crippen LogP contribution is 2.50. The molecule has 4 aromatic rings. The molecule has 0 saturated carbocycles. The van der Waals surface area contributed by atoms with Crippen molar-refractivity contribution in [3.8, 4) is 0 Å². The van der Waals surface area contributed by atoms with Gasteiger partial charge in [0, 0.05) is 17.3 Å². The number of ether oxygens (including phenoxy) is 1. The second kappa shape index (κ2) is 7.40. The SMILES string of the molecule is O=[N+]([O-])c1ccc(C2Nc3ccccc3C(c3ccccc3)(c3ccccc3)O2)s1. The molecule has 1 aliphatic rings. The van der Waals surface area contributed by atoms with Gasteiger partial charge in [-0.3, -0.25) is 10.1 Å². The lowest BCUT2D eigenvalue weighted by Crippen LogP contribution is -2.40. The van der Waals surface area contributed by atoms with Crippen molar-refractivity contribution in [3.63, 3.8) is 0 Å². The van der Waals surface area contributed by atoms with Crippen molar-refractivity contribution in [1.29, 1.82) is 0 Å². The molecule has 2 heterocycles.